The first kappa shape index (κ1) is 24.7. The molecule has 174 valence electrons. The van der Waals surface area contributed by atoms with E-state index in [4.69, 9.17) is 0 Å². The number of carbonyl (C=O) groups is 2. The van der Waals surface area contributed by atoms with Crippen molar-refractivity contribution in [2.75, 3.05) is 11.9 Å². The Morgan fingerprint density at radius 2 is 1.73 bits per heavy atom. The number of anilines is 1. The minimum absolute atomic E-state index is 0. The van der Waals surface area contributed by atoms with Gasteiger partial charge < -0.3 is 15.5 Å². The first-order valence-corrected chi connectivity index (χ1v) is 11.3. The molecule has 3 aromatic carbocycles. The summed E-state index contributed by atoms with van der Waals surface area (Å²) in [5, 5.41) is 8.30. The van der Waals surface area contributed by atoms with Crippen molar-refractivity contribution in [1.29, 1.82) is 0 Å². The fraction of sp³-hybridized carbons (Fsp3) is 0.333. The van der Waals surface area contributed by atoms with Crippen LogP contribution in [-0.4, -0.2) is 30.9 Å². The van der Waals surface area contributed by atoms with Crippen LogP contribution in [0.2, 0.25) is 0 Å². The van der Waals surface area contributed by atoms with Crippen LogP contribution in [0.4, 0.5) is 5.69 Å². The number of nitrogens with one attached hydrogen (secondary N) is 2. The minimum atomic E-state index is -0.553. The number of amides is 2. The van der Waals surface area contributed by atoms with E-state index in [-0.39, 0.29) is 30.3 Å². The summed E-state index contributed by atoms with van der Waals surface area (Å²) in [4.78, 5) is 28.2. The van der Waals surface area contributed by atoms with Crippen molar-refractivity contribution in [3.8, 4) is 0 Å². The lowest BCUT2D eigenvalue weighted by atomic mass is 9.95. The van der Waals surface area contributed by atoms with Crippen LogP contribution in [-0.2, 0) is 22.6 Å². The Morgan fingerprint density at radius 3 is 2.45 bits per heavy atom. The highest BCUT2D eigenvalue weighted by molar-refractivity contribution is 6.01. The van der Waals surface area contributed by atoms with Crippen LogP contribution in [0.5, 0.6) is 0 Å². The Hall–Kier alpha value is -2.89. The van der Waals surface area contributed by atoms with Gasteiger partial charge in [-0.05, 0) is 79.8 Å². The standard InChI is InChI=1S/C27H31N3O2.ClH/c1-17-15-18(2)23(22-11-7-6-10-21(17)22)16-30-25-12-8-5-9-20(25)13-14-24(27(30)32)29-26(31)19(3)28-4;/h5-12,15,19,24,28H,13-14,16H2,1-4H3,(H,29,31);1H. The first-order chi connectivity index (χ1) is 15.4. The lowest BCUT2D eigenvalue weighted by molar-refractivity contribution is -0.128. The number of halogens is 1. The molecule has 0 fully saturated rings. The topological polar surface area (TPSA) is 61.4 Å². The lowest BCUT2D eigenvalue weighted by Gasteiger charge is -2.28. The number of para-hydroxylation sites is 1. The summed E-state index contributed by atoms with van der Waals surface area (Å²) in [7, 11) is 1.74. The molecule has 1 aliphatic rings. The second-order valence-corrected chi connectivity index (χ2v) is 8.70. The Balaban J connectivity index is 0.00000306. The zero-order valence-electron chi connectivity index (χ0n) is 19.6. The van der Waals surface area contributed by atoms with Crippen molar-refractivity contribution in [3.05, 3.63) is 76.9 Å². The van der Waals surface area contributed by atoms with E-state index >= 15 is 0 Å². The summed E-state index contributed by atoms with van der Waals surface area (Å²) in [6.45, 7) is 6.50. The van der Waals surface area contributed by atoms with Gasteiger partial charge in [0.2, 0.25) is 11.8 Å². The molecule has 2 amide bonds. The van der Waals surface area contributed by atoms with Crippen LogP contribution < -0.4 is 15.5 Å². The Labute approximate surface area is 202 Å². The van der Waals surface area contributed by atoms with Gasteiger partial charge in [0.25, 0.3) is 0 Å². The summed E-state index contributed by atoms with van der Waals surface area (Å²) >= 11 is 0. The maximum absolute atomic E-state index is 13.8. The van der Waals surface area contributed by atoms with Crippen LogP contribution in [0, 0.1) is 13.8 Å². The molecule has 0 aromatic heterocycles. The Morgan fingerprint density at radius 1 is 1.06 bits per heavy atom. The van der Waals surface area contributed by atoms with E-state index in [0.717, 1.165) is 23.2 Å². The highest BCUT2D eigenvalue weighted by Gasteiger charge is 2.32. The van der Waals surface area contributed by atoms with Crippen LogP contribution >= 0.6 is 12.4 Å². The SMILES string of the molecule is CNC(C)C(=O)NC1CCc2ccccc2N(Cc2c(C)cc(C)c3ccccc23)C1=O.Cl. The van der Waals surface area contributed by atoms with Gasteiger partial charge in [0.15, 0.2) is 0 Å². The van der Waals surface area contributed by atoms with Crippen LogP contribution in [0.1, 0.15) is 35.6 Å². The first-order valence-electron chi connectivity index (χ1n) is 11.3. The summed E-state index contributed by atoms with van der Waals surface area (Å²) in [6.07, 6.45) is 1.33. The molecule has 0 saturated carbocycles. The molecule has 0 spiro atoms. The van der Waals surface area contributed by atoms with Gasteiger partial charge in [0.05, 0.1) is 12.6 Å². The summed E-state index contributed by atoms with van der Waals surface area (Å²) in [6, 6.07) is 17.7. The van der Waals surface area contributed by atoms with Crippen LogP contribution in [0.25, 0.3) is 10.8 Å². The molecule has 1 aliphatic heterocycles. The highest BCUT2D eigenvalue weighted by Crippen LogP contribution is 2.32. The molecular formula is C27H32ClN3O2. The number of likely N-dealkylation sites (N-methyl/N-ethyl adjacent to an activating group) is 1. The van der Waals surface area contributed by atoms with Gasteiger partial charge in [-0.2, -0.15) is 0 Å². The van der Waals surface area contributed by atoms with Crippen LogP contribution in [0.3, 0.4) is 0 Å². The molecule has 5 nitrogen and oxygen atoms in total. The predicted molar refractivity (Wildman–Crippen MR) is 137 cm³/mol. The molecule has 2 N–H and O–H groups in total. The maximum atomic E-state index is 13.8. The van der Waals surface area contributed by atoms with Gasteiger partial charge in [-0.25, -0.2) is 0 Å². The van der Waals surface area contributed by atoms with Crippen molar-refractivity contribution in [1.82, 2.24) is 10.6 Å². The third-order valence-corrected chi connectivity index (χ3v) is 6.59. The summed E-state index contributed by atoms with van der Waals surface area (Å²) < 4.78 is 0. The fourth-order valence-corrected chi connectivity index (χ4v) is 4.60. The Bertz CT molecular complexity index is 1180. The molecule has 1 heterocycles. The van der Waals surface area contributed by atoms with E-state index < -0.39 is 6.04 Å². The number of hydrogen-bond acceptors (Lipinski definition) is 3. The van der Waals surface area contributed by atoms with Crippen molar-refractivity contribution < 1.29 is 9.59 Å². The average Bonchev–Trinajstić information content (AvgIpc) is 2.93. The molecule has 4 rings (SSSR count). The second-order valence-electron chi connectivity index (χ2n) is 8.70. The minimum Gasteiger partial charge on any atom is -0.343 e. The van der Waals surface area contributed by atoms with Crippen molar-refractivity contribution in [2.24, 2.45) is 0 Å². The van der Waals surface area contributed by atoms with Gasteiger partial charge in [-0.3, -0.25) is 9.59 Å². The van der Waals surface area contributed by atoms with E-state index in [1.54, 1.807) is 14.0 Å². The fourth-order valence-electron chi connectivity index (χ4n) is 4.60. The van der Waals surface area contributed by atoms with Crippen LogP contribution in [0.15, 0.2) is 54.6 Å². The number of rotatable bonds is 5. The number of nitrogens with zero attached hydrogens (tertiary/aromatic N) is 1. The average molecular weight is 466 g/mol. The van der Waals surface area contributed by atoms with Gasteiger partial charge in [0.1, 0.15) is 6.04 Å². The molecule has 0 saturated heterocycles. The zero-order valence-corrected chi connectivity index (χ0v) is 20.5. The number of benzene rings is 3. The largest absolute Gasteiger partial charge is 0.343 e. The molecule has 2 unspecified atom stereocenters. The molecule has 0 bridgehead atoms. The molecular weight excluding hydrogens is 434 g/mol. The van der Waals surface area contributed by atoms with E-state index in [2.05, 4.69) is 54.8 Å². The molecule has 3 aromatic rings. The van der Waals surface area contributed by atoms with Gasteiger partial charge in [0, 0.05) is 5.69 Å². The normalized spacial score (nSPS) is 16.5. The highest BCUT2D eigenvalue weighted by atomic mass is 35.5. The van der Waals surface area contributed by atoms with E-state index in [9.17, 15) is 9.59 Å². The second kappa shape index (κ2) is 10.4. The third-order valence-electron chi connectivity index (χ3n) is 6.59. The van der Waals surface area contributed by atoms with Gasteiger partial charge >= 0.3 is 0 Å². The smallest absolute Gasteiger partial charge is 0.249 e. The van der Waals surface area contributed by atoms with E-state index in [0.29, 0.717) is 13.0 Å². The number of carbonyl (C=O) groups excluding carboxylic acids is 2. The number of fused-ring (bicyclic) bond motifs is 2. The number of hydrogen-bond donors (Lipinski definition) is 2. The van der Waals surface area contributed by atoms with Gasteiger partial charge in [-0.15, -0.1) is 12.4 Å². The van der Waals surface area contributed by atoms with E-state index in [1.165, 1.54) is 21.9 Å². The predicted octanol–water partition coefficient (Wildman–Crippen LogP) is 4.45. The number of aryl methyl sites for hydroxylation is 3. The van der Waals surface area contributed by atoms with Crippen molar-refractivity contribution in [3.63, 3.8) is 0 Å². The van der Waals surface area contributed by atoms with Crippen molar-refractivity contribution >= 4 is 40.7 Å². The monoisotopic (exact) mass is 465 g/mol. The van der Waals surface area contributed by atoms with E-state index in [1.807, 2.05) is 29.2 Å². The third kappa shape index (κ3) is 4.90. The molecule has 0 aliphatic carbocycles. The quantitative estimate of drug-likeness (QED) is 0.585. The summed E-state index contributed by atoms with van der Waals surface area (Å²) in [5.41, 5.74) is 5.61. The molecule has 0 radical (unpaired) electrons. The molecule has 2 atom stereocenters. The summed E-state index contributed by atoms with van der Waals surface area (Å²) in [5.74, 6) is -0.218. The van der Waals surface area contributed by atoms with Crippen molar-refractivity contribution in [2.45, 2.75) is 52.2 Å². The molecule has 6 heteroatoms. The molecule has 33 heavy (non-hydrogen) atoms. The lowest BCUT2D eigenvalue weighted by Crippen LogP contribution is -2.52. The van der Waals surface area contributed by atoms with Gasteiger partial charge in [-0.1, -0.05) is 48.5 Å². The maximum Gasteiger partial charge on any atom is 0.249 e. The zero-order chi connectivity index (χ0) is 22.8. The Kier molecular flexibility index (Phi) is 7.77.